The molecule has 4 heteroatoms. The summed E-state index contributed by atoms with van der Waals surface area (Å²) in [7, 11) is 2.06. The van der Waals surface area contributed by atoms with Crippen LogP contribution in [0.15, 0.2) is 18.3 Å². The summed E-state index contributed by atoms with van der Waals surface area (Å²) in [5.41, 5.74) is 7.58. The van der Waals surface area contributed by atoms with Crippen molar-refractivity contribution in [3.8, 4) is 0 Å². The molecule has 0 spiro atoms. The minimum Gasteiger partial charge on any atom is -0.388 e. The number of hydrogen-bond acceptors (Lipinski definition) is 3. The summed E-state index contributed by atoms with van der Waals surface area (Å²) in [4.78, 5) is 6.65. The Kier molecular flexibility index (Phi) is 3.86. The van der Waals surface area contributed by atoms with E-state index in [1.54, 1.807) is 6.20 Å². The minimum absolute atomic E-state index is 0.251. The number of anilines is 1. The van der Waals surface area contributed by atoms with Gasteiger partial charge in [-0.15, -0.1) is 0 Å². The van der Waals surface area contributed by atoms with Gasteiger partial charge in [0.2, 0.25) is 0 Å². The molecule has 0 aromatic carbocycles. The number of aromatic nitrogens is 1. The number of nitrogens with zero attached hydrogens (tertiary/aromatic N) is 2. The highest BCUT2D eigenvalue weighted by atomic mass is 32.1. The van der Waals surface area contributed by atoms with E-state index in [0.717, 1.165) is 12.2 Å². The molecule has 0 saturated heterocycles. The smallest absolute Gasteiger partial charge is 0.122 e. The Bertz CT molecular complexity index is 382. The Hall–Kier alpha value is -1.16. The van der Waals surface area contributed by atoms with Crippen molar-refractivity contribution in [2.45, 2.75) is 20.8 Å². The van der Waals surface area contributed by atoms with Crippen molar-refractivity contribution in [3.63, 3.8) is 0 Å². The number of rotatable bonds is 3. The van der Waals surface area contributed by atoms with Crippen molar-refractivity contribution in [1.82, 2.24) is 4.98 Å². The Balaban J connectivity index is 2.87. The van der Waals surface area contributed by atoms with Crippen LogP contribution in [0.3, 0.4) is 0 Å². The lowest BCUT2D eigenvalue weighted by molar-refractivity contribution is 0.419. The molecule has 1 rings (SSSR count). The van der Waals surface area contributed by atoms with Gasteiger partial charge in [0.25, 0.3) is 0 Å². The van der Waals surface area contributed by atoms with Crippen LogP contribution in [0, 0.1) is 5.41 Å². The molecule has 0 radical (unpaired) electrons. The molecule has 3 nitrogen and oxygen atoms in total. The quantitative estimate of drug-likeness (QED) is 0.818. The van der Waals surface area contributed by atoms with Gasteiger partial charge < -0.3 is 10.6 Å². The van der Waals surface area contributed by atoms with Crippen LogP contribution >= 0.6 is 12.2 Å². The molecule has 0 saturated carbocycles. The van der Waals surface area contributed by atoms with Crippen LogP contribution in [0.5, 0.6) is 0 Å². The zero-order chi connectivity index (χ0) is 12.3. The molecule has 0 amide bonds. The molecule has 0 atom stereocenters. The fourth-order valence-corrected chi connectivity index (χ4v) is 1.71. The number of hydrogen-bond donors (Lipinski definition) is 1. The number of thiocarbonyl (C=S) groups is 1. The third-order valence-electron chi connectivity index (χ3n) is 2.15. The topological polar surface area (TPSA) is 42.2 Å². The second-order valence-corrected chi connectivity index (χ2v) is 5.62. The summed E-state index contributed by atoms with van der Waals surface area (Å²) in [6, 6.07) is 3.89. The van der Waals surface area contributed by atoms with E-state index < -0.39 is 0 Å². The van der Waals surface area contributed by atoms with Gasteiger partial charge in [0.15, 0.2) is 0 Å². The molecule has 1 aromatic rings. The van der Waals surface area contributed by atoms with Crippen molar-refractivity contribution >= 4 is 22.9 Å². The highest BCUT2D eigenvalue weighted by Crippen LogP contribution is 2.20. The Morgan fingerprint density at radius 3 is 2.62 bits per heavy atom. The van der Waals surface area contributed by atoms with Crippen LogP contribution in [0.1, 0.15) is 26.5 Å². The summed E-state index contributed by atoms with van der Waals surface area (Å²) >= 11 is 4.91. The van der Waals surface area contributed by atoms with Gasteiger partial charge in [0.05, 0.1) is 5.69 Å². The first-order valence-electron chi connectivity index (χ1n) is 5.26. The van der Waals surface area contributed by atoms with Crippen LogP contribution in [-0.2, 0) is 0 Å². The van der Waals surface area contributed by atoms with Gasteiger partial charge in [0, 0.05) is 25.5 Å². The second-order valence-electron chi connectivity index (χ2n) is 5.18. The molecule has 1 heterocycles. The molecule has 1 aromatic heterocycles. The summed E-state index contributed by atoms with van der Waals surface area (Å²) < 4.78 is 0. The molecule has 88 valence electrons. The van der Waals surface area contributed by atoms with Crippen molar-refractivity contribution in [2.24, 2.45) is 11.1 Å². The van der Waals surface area contributed by atoms with E-state index >= 15 is 0 Å². The van der Waals surface area contributed by atoms with E-state index in [9.17, 15) is 0 Å². The lowest BCUT2D eigenvalue weighted by Crippen LogP contribution is -2.29. The monoisotopic (exact) mass is 237 g/mol. The Morgan fingerprint density at radius 2 is 2.12 bits per heavy atom. The standard InChI is InChI=1S/C12H19N3S/c1-12(2,3)8-15(4)9-5-6-14-10(7-9)11(13)16/h5-7H,8H2,1-4H3,(H2,13,16). The van der Waals surface area contributed by atoms with Crippen molar-refractivity contribution in [3.05, 3.63) is 24.0 Å². The third kappa shape index (κ3) is 3.77. The Morgan fingerprint density at radius 1 is 1.50 bits per heavy atom. The zero-order valence-electron chi connectivity index (χ0n) is 10.3. The van der Waals surface area contributed by atoms with E-state index in [1.165, 1.54) is 0 Å². The van der Waals surface area contributed by atoms with Crippen LogP contribution in [0.25, 0.3) is 0 Å². The van der Waals surface area contributed by atoms with Crippen molar-refractivity contribution in [1.29, 1.82) is 0 Å². The highest BCUT2D eigenvalue weighted by Gasteiger charge is 2.14. The normalized spacial score (nSPS) is 11.2. The molecule has 0 bridgehead atoms. The minimum atomic E-state index is 0.251. The Labute approximate surface area is 103 Å². The molecular weight excluding hydrogens is 218 g/mol. The maximum Gasteiger partial charge on any atom is 0.122 e. The lowest BCUT2D eigenvalue weighted by Gasteiger charge is -2.28. The average molecular weight is 237 g/mol. The average Bonchev–Trinajstić information content (AvgIpc) is 2.15. The molecule has 0 aliphatic rings. The first kappa shape index (κ1) is 12.9. The van der Waals surface area contributed by atoms with E-state index in [2.05, 4.69) is 37.7 Å². The van der Waals surface area contributed by atoms with Crippen LogP contribution < -0.4 is 10.6 Å². The molecular formula is C12H19N3S. The summed E-state index contributed by atoms with van der Waals surface area (Å²) in [6.07, 6.45) is 1.74. The van der Waals surface area contributed by atoms with Crippen LogP contribution in [0.4, 0.5) is 5.69 Å². The number of nitrogens with two attached hydrogens (primary N) is 1. The third-order valence-corrected chi connectivity index (χ3v) is 2.36. The van der Waals surface area contributed by atoms with Crippen LogP contribution in [-0.4, -0.2) is 23.6 Å². The first-order valence-corrected chi connectivity index (χ1v) is 5.67. The predicted molar refractivity (Wildman–Crippen MR) is 72.8 cm³/mol. The van der Waals surface area contributed by atoms with Crippen molar-refractivity contribution < 1.29 is 0 Å². The summed E-state index contributed by atoms with van der Waals surface area (Å²) in [5, 5.41) is 0. The fourth-order valence-electron chi connectivity index (χ4n) is 1.59. The van der Waals surface area contributed by atoms with Crippen LogP contribution in [0.2, 0.25) is 0 Å². The molecule has 0 aliphatic heterocycles. The van der Waals surface area contributed by atoms with Gasteiger partial charge in [0.1, 0.15) is 4.99 Å². The largest absolute Gasteiger partial charge is 0.388 e. The van der Waals surface area contributed by atoms with E-state index in [1.807, 2.05) is 12.1 Å². The van der Waals surface area contributed by atoms with Gasteiger partial charge in [-0.3, -0.25) is 4.98 Å². The van der Waals surface area contributed by atoms with E-state index in [4.69, 9.17) is 18.0 Å². The van der Waals surface area contributed by atoms with Gasteiger partial charge in [-0.25, -0.2) is 0 Å². The van der Waals surface area contributed by atoms with Crippen molar-refractivity contribution in [2.75, 3.05) is 18.5 Å². The SMILES string of the molecule is CN(CC(C)(C)C)c1ccnc(C(N)=S)c1. The van der Waals surface area contributed by atoms with Gasteiger partial charge in [-0.05, 0) is 17.5 Å². The molecule has 0 fully saturated rings. The lowest BCUT2D eigenvalue weighted by atomic mass is 9.96. The van der Waals surface area contributed by atoms with E-state index in [-0.39, 0.29) is 5.41 Å². The maximum atomic E-state index is 5.56. The highest BCUT2D eigenvalue weighted by molar-refractivity contribution is 7.80. The van der Waals surface area contributed by atoms with E-state index in [0.29, 0.717) is 10.7 Å². The van der Waals surface area contributed by atoms with Gasteiger partial charge >= 0.3 is 0 Å². The predicted octanol–water partition coefficient (Wildman–Crippen LogP) is 2.20. The second kappa shape index (κ2) is 4.78. The number of pyridine rings is 1. The van der Waals surface area contributed by atoms with Gasteiger partial charge in [-0.2, -0.15) is 0 Å². The van der Waals surface area contributed by atoms with Gasteiger partial charge in [-0.1, -0.05) is 33.0 Å². The zero-order valence-corrected chi connectivity index (χ0v) is 11.1. The summed E-state index contributed by atoms with van der Waals surface area (Å²) in [6.45, 7) is 7.59. The molecule has 0 aliphatic carbocycles. The maximum absolute atomic E-state index is 5.56. The fraction of sp³-hybridized carbons (Fsp3) is 0.500. The first-order chi connectivity index (χ1) is 7.29. The molecule has 2 N–H and O–H groups in total. The summed E-state index contributed by atoms with van der Waals surface area (Å²) in [5.74, 6) is 0. The molecule has 0 unspecified atom stereocenters. The molecule has 16 heavy (non-hydrogen) atoms.